The number of piperidine rings is 1. The van der Waals surface area contributed by atoms with Gasteiger partial charge in [-0.05, 0) is 73.8 Å². The third kappa shape index (κ3) is 4.84. The Morgan fingerprint density at radius 3 is 2.72 bits per heavy atom. The van der Waals surface area contributed by atoms with Crippen molar-refractivity contribution in [2.45, 2.75) is 58.0 Å². The molecule has 6 nitrogen and oxygen atoms in total. The maximum absolute atomic E-state index is 9.52. The maximum atomic E-state index is 9.52. The summed E-state index contributed by atoms with van der Waals surface area (Å²) in [6, 6.07) is 17.4. The second-order valence-corrected chi connectivity index (χ2v) is 10.7. The molecule has 2 fully saturated rings. The SMILES string of the molecule is C[C@@H]1CN(c2ccc(C#N)c3ncccc23)C[C@H](CN2Cc3ccc(CN4CCCCC4)cc3C2)O1. The highest BCUT2D eigenvalue weighted by Gasteiger charge is 2.30. The maximum Gasteiger partial charge on any atom is 0.101 e. The predicted octanol–water partition coefficient (Wildman–Crippen LogP) is 4.70. The average molecular weight is 482 g/mol. The summed E-state index contributed by atoms with van der Waals surface area (Å²) in [4.78, 5) is 12.1. The zero-order valence-corrected chi connectivity index (χ0v) is 21.2. The van der Waals surface area contributed by atoms with Crippen molar-refractivity contribution in [1.82, 2.24) is 14.8 Å². The van der Waals surface area contributed by atoms with Gasteiger partial charge in [-0.25, -0.2) is 0 Å². The Bertz CT molecular complexity index is 1280. The zero-order valence-electron chi connectivity index (χ0n) is 21.2. The van der Waals surface area contributed by atoms with E-state index in [2.05, 4.69) is 63.0 Å². The first-order valence-electron chi connectivity index (χ1n) is 13.4. The smallest absolute Gasteiger partial charge is 0.101 e. The highest BCUT2D eigenvalue weighted by atomic mass is 16.5. The summed E-state index contributed by atoms with van der Waals surface area (Å²) < 4.78 is 6.42. The first kappa shape index (κ1) is 23.4. The van der Waals surface area contributed by atoms with E-state index < -0.39 is 0 Å². The van der Waals surface area contributed by atoms with E-state index in [-0.39, 0.29) is 12.2 Å². The molecule has 0 amide bonds. The van der Waals surface area contributed by atoms with E-state index in [4.69, 9.17) is 4.74 Å². The molecule has 0 N–H and O–H groups in total. The van der Waals surface area contributed by atoms with Gasteiger partial charge in [0.2, 0.25) is 0 Å². The van der Waals surface area contributed by atoms with Gasteiger partial charge in [0.05, 0.1) is 23.3 Å². The number of morpholine rings is 1. The van der Waals surface area contributed by atoms with Crippen LogP contribution in [0.2, 0.25) is 0 Å². The summed E-state index contributed by atoms with van der Waals surface area (Å²) in [5.41, 5.74) is 6.94. The number of rotatable bonds is 5. The van der Waals surface area contributed by atoms with Crippen LogP contribution < -0.4 is 4.90 Å². The monoisotopic (exact) mass is 481 g/mol. The number of pyridine rings is 1. The largest absolute Gasteiger partial charge is 0.370 e. The Morgan fingerprint density at radius 1 is 1.00 bits per heavy atom. The number of nitriles is 1. The molecule has 0 unspecified atom stereocenters. The number of hydrogen-bond acceptors (Lipinski definition) is 6. The molecule has 2 saturated heterocycles. The highest BCUT2D eigenvalue weighted by Crippen LogP contribution is 2.31. The Kier molecular flexibility index (Phi) is 6.62. The number of hydrogen-bond donors (Lipinski definition) is 0. The van der Waals surface area contributed by atoms with Gasteiger partial charge in [-0.2, -0.15) is 5.26 Å². The molecule has 3 aliphatic rings. The molecule has 2 atom stereocenters. The van der Waals surface area contributed by atoms with E-state index in [1.54, 1.807) is 6.20 Å². The fourth-order valence-corrected chi connectivity index (χ4v) is 6.28. The fourth-order valence-electron chi connectivity index (χ4n) is 6.28. The number of ether oxygens (including phenoxy) is 1. The predicted molar refractivity (Wildman–Crippen MR) is 143 cm³/mol. The molecule has 2 aromatic carbocycles. The summed E-state index contributed by atoms with van der Waals surface area (Å²) in [5.74, 6) is 0. The average Bonchev–Trinajstić information content (AvgIpc) is 3.29. The minimum Gasteiger partial charge on any atom is -0.370 e. The number of likely N-dealkylation sites (tertiary alicyclic amines) is 1. The van der Waals surface area contributed by atoms with Crippen molar-refractivity contribution >= 4 is 16.6 Å². The van der Waals surface area contributed by atoms with Crippen molar-refractivity contribution in [1.29, 1.82) is 5.26 Å². The molecule has 0 bridgehead atoms. The van der Waals surface area contributed by atoms with Crippen molar-refractivity contribution in [2.24, 2.45) is 0 Å². The topological polar surface area (TPSA) is 55.6 Å². The minimum atomic E-state index is 0.137. The molecule has 3 aliphatic heterocycles. The summed E-state index contributed by atoms with van der Waals surface area (Å²) in [6.45, 7) is 10.3. The van der Waals surface area contributed by atoms with E-state index in [1.165, 1.54) is 49.0 Å². The van der Waals surface area contributed by atoms with Crippen molar-refractivity contribution in [3.63, 3.8) is 0 Å². The number of nitrogens with zero attached hydrogens (tertiary/aromatic N) is 5. The van der Waals surface area contributed by atoms with Crippen LogP contribution in [-0.2, 0) is 24.4 Å². The quantitative estimate of drug-likeness (QED) is 0.527. The van der Waals surface area contributed by atoms with E-state index >= 15 is 0 Å². The van der Waals surface area contributed by atoms with Crippen LogP contribution in [0.5, 0.6) is 0 Å². The fraction of sp³-hybridized carbons (Fsp3) is 0.467. The summed E-state index contributed by atoms with van der Waals surface area (Å²) in [5, 5.41) is 10.6. The van der Waals surface area contributed by atoms with E-state index in [0.29, 0.717) is 5.56 Å². The molecule has 0 radical (unpaired) electrons. The van der Waals surface area contributed by atoms with Crippen molar-refractivity contribution < 1.29 is 4.74 Å². The Labute approximate surface area is 214 Å². The number of benzene rings is 2. The van der Waals surface area contributed by atoms with E-state index in [0.717, 1.165) is 55.9 Å². The standard InChI is InChI=1S/C30H35N5O/c1-22-16-35(29-10-9-24(15-31)30-28(29)6-5-11-32-30)21-27(36-22)20-34-18-25-8-7-23(14-26(25)19-34)17-33-12-3-2-4-13-33/h5-11,14,22,27H,2-4,12-13,16-21H2,1H3/t22-,27+/m1/s1. The lowest BCUT2D eigenvalue weighted by atomic mass is 10.0. The number of aromatic nitrogens is 1. The van der Waals surface area contributed by atoms with Gasteiger partial charge in [-0.3, -0.25) is 14.8 Å². The van der Waals surface area contributed by atoms with Crippen LogP contribution in [0, 0.1) is 11.3 Å². The van der Waals surface area contributed by atoms with Crippen LogP contribution in [0.3, 0.4) is 0 Å². The van der Waals surface area contributed by atoms with Crippen LogP contribution in [0.25, 0.3) is 10.9 Å². The Morgan fingerprint density at radius 2 is 1.86 bits per heavy atom. The van der Waals surface area contributed by atoms with Gasteiger partial charge >= 0.3 is 0 Å². The lowest BCUT2D eigenvalue weighted by Crippen LogP contribution is -2.50. The molecule has 1 aromatic heterocycles. The second-order valence-electron chi connectivity index (χ2n) is 10.7. The second kappa shape index (κ2) is 10.2. The van der Waals surface area contributed by atoms with Crippen LogP contribution >= 0.6 is 0 Å². The molecular weight excluding hydrogens is 446 g/mol. The van der Waals surface area contributed by atoms with E-state index in [9.17, 15) is 5.26 Å². The first-order chi connectivity index (χ1) is 17.7. The van der Waals surface area contributed by atoms with Crippen LogP contribution in [-0.4, -0.2) is 59.7 Å². The van der Waals surface area contributed by atoms with E-state index in [1.807, 2.05) is 12.1 Å². The minimum absolute atomic E-state index is 0.137. The summed E-state index contributed by atoms with van der Waals surface area (Å²) in [7, 11) is 0. The molecule has 0 saturated carbocycles. The number of anilines is 1. The molecule has 6 heteroatoms. The van der Waals surface area contributed by atoms with Crippen molar-refractivity contribution in [3.8, 4) is 6.07 Å². The molecule has 6 rings (SSSR count). The van der Waals surface area contributed by atoms with Crippen LogP contribution in [0.4, 0.5) is 5.69 Å². The third-order valence-electron chi connectivity index (χ3n) is 7.91. The van der Waals surface area contributed by atoms with Crippen molar-refractivity contribution in [3.05, 3.63) is 70.9 Å². The molecular formula is C30H35N5O. The number of fused-ring (bicyclic) bond motifs is 2. The van der Waals surface area contributed by atoms with Gasteiger partial charge in [0.1, 0.15) is 6.07 Å². The lowest BCUT2D eigenvalue weighted by molar-refractivity contribution is -0.0329. The molecule has 0 spiro atoms. The van der Waals surface area contributed by atoms with Crippen LogP contribution in [0.15, 0.2) is 48.7 Å². The zero-order chi connectivity index (χ0) is 24.5. The first-order valence-corrected chi connectivity index (χ1v) is 13.4. The summed E-state index contributed by atoms with van der Waals surface area (Å²) in [6.07, 6.45) is 6.10. The van der Waals surface area contributed by atoms with Gasteiger partial charge in [0.25, 0.3) is 0 Å². The lowest BCUT2D eigenvalue weighted by Gasteiger charge is -2.40. The summed E-state index contributed by atoms with van der Waals surface area (Å²) >= 11 is 0. The Balaban J connectivity index is 1.14. The highest BCUT2D eigenvalue weighted by molar-refractivity contribution is 5.95. The van der Waals surface area contributed by atoms with Gasteiger partial charge in [0.15, 0.2) is 0 Å². The van der Waals surface area contributed by atoms with Gasteiger partial charge < -0.3 is 9.64 Å². The molecule has 186 valence electrons. The molecule has 4 heterocycles. The van der Waals surface area contributed by atoms with Gasteiger partial charge in [0, 0.05) is 56.5 Å². The van der Waals surface area contributed by atoms with Crippen molar-refractivity contribution in [2.75, 3.05) is 37.6 Å². The third-order valence-corrected chi connectivity index (χ3v) is 7.91. The van der Waals surface area contributed by atoms with Gasteiger partial charge in [-0.1, -0.05) is 24.6 Å². The normalized spacial score (nSPS) is 23.1. The Hall–Kier alpha value is -2.98. The molecule has 36 heavy (non-hydrogen) atoms. The van der Waals surface area contributed by atoms with Gasteiger partial charge in [-0.15, -0.1) is 0 Å². The molecule has 3 aromatic rings. The molecule has 0 aliphatic carbocycles. The van der Waals surface area contributed by atoms with Crippen LogP contribution in [0.1, 0.15) is 48.4 Å².